The summed E-state index contributed by atoms with van der Waals surface area (Å²) >= 11 is 1.66. The summed E-state index contributed by atoms with van der Waals surface area (Å²) < 4.78 is 26.4. The second kappa shape index (κ2) is 9.22. The second-order valence-corrected chi connectivity index (χ2v) is 13.3. The van der Waals surface area contributed by atoms with Gasteiger partial charge in [-0.1, -0.05) is 51.1 Å². The van der Waals surface area contributed by atoms with E-state index in [4.69, 9.17) is 4.98 Å². The van der Waals surface area contributed by atoms with Crippen LogP contribution in [-0.2, 0) is 21.7 Å². The van der Waals surface area contributed by atoms with E-state index in [1.807, 2.05) is 12.1 Å². The van der Waals surface area contributed by atoms with Crippen LogP contribution in [-0.4, -0.2) is 31.7 Å². The topological polar surface area (TPSA) is 50.3 Å². The van der Waals surface area contributed by atoms with Crippen LogP contribution in [0.25, 0.3) is 0 Å². The standard InChI is InChI=1S/C27H34N2O2S2/c1-19-6-7-21(16-20(19)2)17-23-18-32-26(28-23)29-14-12-25(13-15-29)33(30,31)24-10-8-22(9-11-24)27(3,4)5/h6-11,16,18,25H,12-15,17H2,1-5H3. The molecule has 1 aliphatic heterocycles. The molecule has 0 N–H and O–H groups in total. The molecule has 0 atom stereocenters. The van der Waals surface area contributed by atoms with Gasteiger partial charge in [0.1, 0.15) is 0 Å². The number of piperidine rings is 1. The summed E-state index contributed by atoms with van der Waals surface area (Å²) in [7, 11) is -3.32. The Morgan fingerprint density at radius 3 is 2.27 bits per heavy atom. The second-order valence-electron chi connectivity index (χ2n) is 10.2. The molecule has 0 aliphatic carbocycles. The van der Waals surface area contributed by atoms with Crippen molar-refractivity contribution < 1.29 is 8.42 Å². The fourth-order valence-electron chi connectivity index (χ4n) is 4.34. The van der Waals surface area contributed by atoms with Crippen LogP contribution in [0.5, 0.6) is 0 Å². The van der Waals surface area contributed by atoms with Gasteiger partial charge in [-0.25, -0.2) is 13.4 Å². The van der Waals surface area contributed by atoms with Crippen LogP contribution in [0, 0.1) is 13.8 Å². The summed E-state index contributed by atoms with van der Waals surface area (Å²) in [6.45, 7) is 12.1. The molecule has 0 unspecified atom stereocenters. The molecule has 2 heterocycles. The molecule has 2 aromatic carbocycles. The van der Waals surface area contributed by atoms with Gasteiger partial charge in [0, 0.05) is 24.9 Å². The van der Waals surface area contributed by atoms with Crippen LogP contribution >= 0.6 is 11.3 Å². The van der Waals surface area contributed by atoms with Crippen molar-refractivity contribution in [3.8, 4) is 0 Å². The predicted octanol–water partition coefficient (Wildman–Crippen LogP) is 6.09. The Morgan fingerprint density at radius 2 is 1.67 bits per heavy atom. The first-order valence-corrected chi connectivity index (χ1v) is 14.1. The third kappa shape index (κ3) is 5.33. The number of rotatable bonds is 5. The highest BCUT2D eigenvalue weighted by Gasteiger charge is 2.32. The van der Waals surface area contributed by atoms with Gasteiger partial charge in [0.25, 0.3) is 0 Å². The largest absolute Gasteiger partial charge is 0.348 e. The average Bonchev–Trinajstić information content (AvgIpc) is 3.24. The van der Waals surface area contributed by atoms with Crippen LogP contribution in [0.3, 0.4) is 0 Å². The fraction of sp³-hybridized carbons (Fsp3) is 0.444. The number of anilines is 1. The maximum absolute atomic E-state index is 13.2. The molecule has 176 valence electrons. The molecule has 4 rings (SSSR count). The van der Waals surface area contributed by atoms with Gasteiger partial charge >= 0.3 is 0 Å². The van der Waals surface area contributed by atoms with E-state index in [1.54, 1.807) is 23.5 Å². The number of nitrogens with zero attached hydrogens (tertiary/aromatic N) is 2. The van der Waals surface area contributed by atoms with Crippen molar-refractivity contribution in [2.75, 3.05) is 18.0 Å². The molecular formula is C27H34N2O2S2. The third-order valence-electron chi connectivity index (χ3n) is 6.70. The highest BCUT2D eigenvalue weighted by atomic mass is 32.2. The van der Waals surface area contributed by atoms with Crippen molar-refractivity contribution in [3.63, 3.8) is 0 Å². The number of sulfone groups is 1. The number of benzene rings is 2. The van der Waals surface area contributed by atoms with Gasteiger partial charge in [-0.05, 0) is 66.5 Å². The minimum absolute atomic E-state index is 0.0124. The molecule has 1 aliphatic rings. The van der Waals surface area contributed by atoms with Crippen LogP contribution < -0.4 is 4.90 Å². The summed E-state index contributed by atoms with van der Waals surface area (Å²) in [6.07, 6.45) is 2.10. The SMILES string of the molecule is Cc1ccc(Cc2csc(N3CCC(S(=O)(=O)c4ccc(C(C)(C)C)cc4)CC3)n2)cc1C. The van der Waals surface area contributed by atoms with E-state index in [9.17, 15) is 8.42 Å². The molecule has 33 heavy (non-hydrogen) atoms. The molecule has 0 bridgehead atoms. The van der Waals surface area contributed by atoms with Crippen LogP contribution in [0.15, 0.2) is 52.7 Å². The zero-order valence-corrected chi connectivity index (χ0v) is 21.9. The molecule has 4 nitrogen and oxygen atoms in total. The van der Waals surface area contributed by atoms with Crippen LogP contribution in [0.1, 0.15) is 61.6 Å². The van der Waals surface area contributed by atoms with E-state index in [1.165, 1.54) is 16.7 Å². The maximum atomic E-state index is 13.2. The molecule has 0 amide bonds. The average molecular weight is 483 g/mol. The molecule has 3 aromatic rings. The summed E-state index contributed by atoms with van der Waals surface area (Å²) in [6, 6.07) is 14.0. The van der Waals surface area contributed by atoms with E-state index in [-0.39, 0.29) is 10.7 Å². The lowest BCUT2D eigenvalue weighted by molar-refractivity contribution is 0.529. The van der Waals surface area contributed by atoms with Gasteiger partial charge in [-0.15, -0.1) is 11.3 Å². The third-order valence-corrected chi connectivity index (χ3v) is 9.92. The van der Waals surface area contributed by atoms with E-state index in [2.05, 4.69) is 63.1 Å². The van der Waals surface area contributed by atoms with E-state index < -0.39 is 9.84 Å². The van der Waals surface area contributed by atoms with Gasteiger partial charge < -0.3 is 4.90 Å². The molecule has 0 radical (unpaired) electrons. The monoisotopic (exact) mass is 482 g/mol. The van der Waals surface area contributed by atoms with Crippen molar-refractivity contribution in [1.82, 2.24) is 4.98 Å². The Hall–Kier alpha value is -2.18. The molecule has 0 saturated carbocycles. The number of aromatic nitrogens is 1. The van der Waals surface area contributed by atoms with Gasteiger partial charge in [-0.2, -0.15) is 0 Å². The first kappa shape index (κ1) is 24.0. The summed E-state index contributed by atoms with van der Waals surface area (Å²) in [4.78, 5) is 7.54. The van der Waals surface area contributed by atoms with Gasteiger partial charge in [0.2, 0.25) is 0 Å². The lowest BCUT2D eigenvalue weighted by atomic mass is 9.87. The molecular weight excluding hydrogens is 448 g/mol. The number of thiazole rings is 1. The molecule has 1 saturated heterocycles. The lowest BCUT2D eigenvalue weighted by Crippen LogP contribution is -2.39. The van der Waals surface area contributed by atoms with Crippen LogP contribution in [0.2, 0.25) is 0 Å². The lowest BCUT2D eigenvalue weighted by Gasteiger charge is -2.31. The van der Waals surface area contributed by atoms with Crippen molar-refractivity contribution in [1.29, 1.82) is 0 Å². The zero-order valence-electron chi connectivity index (χ0n) is 20.3. The maximum Gasteiger partial charge on any atom is 0.185 e. The number of hydrogen-bond acceptors (Lipinski definition) is 5. The van der Waals surface area contributed by atoms with Crippen molar-refractivity contribution >= 4 is 26.3 Å². The first-order valence-electron chi connectivity index (χ1n) is 11.6. The summed E-state index contributed by atoms with van der Waals surface area (Å²) in [5, 5.41) is 2.80. The van der Waals surface area contributed by atoms with Gasteiger partial charge in [0.15, 0.2) is 15.0 Å². The molecule has 1 fully saturated rings. The Kier molecular flexibility index (Phi) is 6.70. The Labute approximate surface area is 202 Å². The molecule has 1 aromatic heterocycles. The van der Waals surface area contributed by atoms with E-state index in [0.29, 0.717) is 17.7 Å². The van der Waals surface area contributed by atoms with Crippen molar-refractivity contribution in [2.24, 2.45) is 0 Å². The van der Waals surface area contributed by atoms with Crippen molar-refractivity contribution in [2.45, 2.75) is 69.4 Å². The summed E-state index contributed by atoms with van der Waals surface area (Å²) in [5.74, 6) is 0. The minimum atomic E-state index is -3.32. The van der Waals surface area contributed by atoms with Crippen molar-refractivity contribution in [3.05, 3.63) is 75.8 Å². The quantitative estimate of drug-likeness (QED) is 0.441. The number of aryl methyl sites for hydroxylation is 2. The van der Waals surface area contributed by atoms with E-state index in [0.717, 1.165) is 35.9 Å². The highest BCUT2D eigenvalue weighted by Crippen LogP contribution is 2.31. The van der Waals surface area contributed by atoms with Gasteiger partial charge in [-0.3, -0.25) is 0 Å². The molecule has 6 heteroatoms. The van der Waals surface area contributed by atoms with Crippen LogP contribution in [0.4, 0.5) is 5.13 Å². The smallest absolute Gasteiger partial charge is 0.185 e. The fourth-order valence-corrected chi connectivity index (χ4v) is 6.95. The minimum Gasteiger partial charge on any atom is -0.348 e. The number of hydrogen-bond donors (Lipinski definition) is 0. The predicted molar refractivity (Wildman–Crippen MR) is 138 cm³/mol. The normalized spacial score (nSPS) is 15.7. The van der Waals surface area contributed by atoms with E-state index >= 15 is 0 Å². The Bertz CT molecular complexity index is 1210. The molecule has 0 spiro atoms. The highest BCUT2D eigenvalue weighted by molar-refractivity contribution is 7.92. The van der Waals surface area contributed by atoms with Gasteiger partial charge in [0.05, 0.1) is 15.8 Å². The summed E-state index contributed by atoms with van der Waals surface area (Å²) in [5.41, 5.74) is 6.12. The Balaban J connectivity index is 1.39. The first-order chi connectivity index (χ1) is 15.5. The zero-order chi connectivity index (χ0) is 23.8. The Morgan fingerprint density at radius 1 is 1.00 bits per heavy atom.